The highest BCUT2D eigenvalue weighted by atomic mass is 16.7. The lowest BCUT2D eigenvalue weighted by atomic mass is 9.96. The van der Waals surface area contributed by atoms with E-state index in [2.05, 4.69) is 5.32 Å². The van der Waals surface area contributed by atoms with Crippen molar-refractivity contribution in [2.75, 3.05) is 6.79 Å². The van der Waals surface area contributed by atoms with E-state index in [-0.39, 0.29) is 6.79 Å². The molecule has 5 nitrogen and oxygen atoms in total. The van der Waals surface area contributed by atoms with Gasteiger partial charge in [-0.3, -0.25) is 10.1 Å². The van der Waals surface area contributed by atoms with Gasteiger partial charge in [0.25, 0.3) is 0 Å². The summed E-state index contributed by atoms with van der Waals surface area (Å²) in [5, 5.41) is 12.4. The van der Waals surface area contributed by atoms with Crippen molar-refractivity contribution < 1.29 is 19.4 Å². The van der Waals surface area contributed by atoms with E-state index in [9.17, 15) is 9.90 Å². The van der Waals surface area contributed by atoms with Gasteiger partial charge in [0.1, 0.15) is 5.54 Å². The number of hydrogen-bond acceptors (Lipinski definition) is 4. The monoisotopic (exact) mass is 265 g/mol. The minimum absolute atomic E-state index is 0.245. The molecule has 0 spiro atoms. The van der Waals surface area contributed by atoms with Gasteiger partial charge in [-0.25, -0.2) is 0 Å². The van der Waals surface area contributed by atoms with E-state index in [4.69, 9.17) is 9.47 Å². The molecule has 0 saturated heterocycles. The van der Waals surface area contributed by atoms with Crippen molar-refractivity contribution >= 4 is 5.97 Å². The zero-order chi connectivity index (χ0) is 13.9. The molecule has 104 valence electrons. The fraction of sp³-hybridized carbons (Fsp3) is 0.500. The zero-order valence-corrected chi connectivity index (χ0v) is 11.2. The van der Waals surface area contributed by atoms with E-state index in [1.54, 1.807) is 6.92 Å². The Hall–Kier alpha value is -1.75. The number of hydrogen-bond donors (Lipinski definition) is 2. The van der Waals surface area contributed by atoms with E-state index in [0.29, 0.717) is 18.7 Å². The number of rotatable bonds is 6. The van der Waals surface area contributed by atoms with Crippen molar-refractivity contribution in [2.45, 2.75) is 38.8 Å². The highest BCUT2D eigenvalue weighted by molar-refractivity contribution is 5.78. The molecule has 1 unspecified atom stereocenters. The van der Waals surface area contributed by atoms with Crippen LogP contribution in [0.1, 0.15) is 32.3 Å². The summed E-state index contributed by atoms with van der Waals surface area (Å²) in [4.78, 5) is 11.3. The summed E-state index contributed by atoms with van der Waals surface area (Å²) in [7, 11) is 0. The van der Waals surface area contributed by atoms with Crippen molar-refractivity contribution in [1.29, 1.82) is 0 Å². The molecular formula is C14H19NO4. The molecule has 0 aromatic heterocycles. The number of carbonyl (C=O) groups is 1. The molecule has 1 aliphatic rings. The maximum atomic E-state index is 11.3. The van der Waals surface area contributed by atoms with Gasteiger partial charge < -0.3 is 14.6 Å². The van der Waals surface area contributed by atoms with Crippen molar-refractivity contribution in [2.24, 2.45) is 0 Å². The smallest absolute Gasteiger partial charge is 0.323 e. The Morgan fingerprint density at radius 1 is 1.42 bits per heavy atom. The lowest BCUT2D eigenvalue weighted by Crippen LogP contribution is -2.48. The summed E-state index contributed by atoms with van der Waals surface area (Å²) >= 11 is 0. The first kappa shape index (κ1) is 13.7. The van der Waals surface area contributed by atoms with Crippen LogP contribution in [0.2, 0.25) is 0 Å². The third-order valence-electron chi connectivity index (χ3n) is 3.34. The highest BCUT2D eigenvalue weighted by Crippen LogP contribution is 2.32. The Bertz CT molecular complexity index is 475. The summed E-state index contributed by atoms with van der Waals surface area (Å²) in [5.74, 6) is 0.625. The Morgan fingerprint density at radius 3 is 2.84 bits per heavy atom. The average molecular weight is 265 g/mol. The van der Waals surface area contributed by atoms with Crippen LogP contribution in [0.15, 0.2) is 18.2 Å². The molecule has 5 heteroatoms. The fourth-order valence-electron chi connectivity index (χ4n) is 2.12. The third kappa shape index (κ3) is 2.98. The molecule has 1 aromatic rings. The number of benzene rings is 1. The van der Waals surface area contributed by atoms with E-state index in [0.717, 1.165) is 17.7 Å². The Balaban J connectivity index is 2.03. The molecule has 2 rings (SSSR count). The lowest BCUT2D eigenvalue weighted by molar-refractivity contribution is -0.144. The Morgan fingerprint density at radius 2 is 2.16 bits per heavy atom. The molecule has 0 saturated carbocycles. The second kappa shape index (κ2) is 5.48. The summed E-state index contributed by atoms with van der Waals surface area (Å²) in [6, 6.07) is 5.63. The van der Waals surface area contributed by atoms with Gasteiger partial charge in [-0.05, 0) is 31.0 Å². The summed E-state index contributed by atoms with van der Waals surface area (Å²) < 4.78 is 10.5. The van der Waals surface area contributed by atoms with Gasteiger partial charge in [0.2, 0.25) is 6.79 Å². The van der Waals surface area contributed by atoms with E-state index in [1.165, 1.54) is 0 Å². The average Bonchev–Trinajstić information content (AvgIpc) is 2.84. The van der Waals surface area contributed by atoms with Crippen molar-refractivity contribution in [3.05, 3.63) is 23.8 Å². The van der Waals surface area contributed by atoms with Gasteiger partial charge >= 0.3 is 5.97 Å². The topological polar surface area (TPSA) is 67.8 Å². The van der Waals surface area contributed by atoms with Gasteiger partial charge in [0.05, 0.1) is 0 Å². The minimum Gasteiger partial charge on any atom is -0.480 e. The first-order chi connectivity index (χ1) is 9.05. The third-order valence-corrected chi connectivity index (χ3v) is 3.34. The van der Waals surface area contributed by atoms with Crippen LogP contribution in [0, 0.1) is 0 Å². The van der Waals surface area contributed by atoms with Crippen LogP contribution in [0.25, 0.3) is 0 Å². The maximum Gasteiger partial charge on any atom is 0.323 e. The molecule has 0 radical (unpaired) electrons. The van der Waals surface area contributed by atoms with E-state index >= 15 is 0 Å². The predicted octanol–water partition coefficient (Wildman–Crippen LogP) is 2.15. The molecule has 0 amide bonds. The molecule has 0 bridgehead atoms. The van der Waals surface area contributed by atoms with Crippen LogP contribution in [0.5, 0.6) is 11.5 Å². The molecule has 0 fully saturated rings. The number of fused-ring (bicyclic) bond motifs is 1. The Labute approximate surface area is 112 Å². The van der Waals surface area contributed by atoms with Gasteiger partial charge in [0.15, 0.2) is 11.5 Å². The van der Waals surface area contributed by atoms with Crippen LogP contribution in [0.3, 0.4) is 0 Å². The van der Waals surface area contributed by atoms with E-state index in [1.807, 2.05) is 25.1 Å². The molecule has 2 N–H and O–H groups in total. The quantitative estimate of drug-likeness (QED) is 0.825. The van der Waals surface area contributed by atoms with Gasteiger partial charge in [-0.15, -0.1) is 0 Å². The maximum absolute atomic E-state index is 11.3. The molecule has 19 heavy (non-hydrogen) atoms. The van der Waals surface area contributed by atoms with Gasteiger partial charge in [0, 0.05) is 6.54 Å². The van der Waals surface area contributed by atoms with Crippen LogP contribution in [0.4, 0.5) is 0 Å². The first-order valence-electron chi connectivity index (χ1n) is 6.42. The number of ether oxygens (including phenoxy) is 2. The summed E-state index contributed by atoms with van der Waals surface area (Å²) in [6.45, 7) is 4.42. The number of carboxylic acids is 1. The predicted molar refractivity (Wildman–Crippen MR) is 70.4 cm³/mol. The van der Waals surface area contributed by atoms with Gasteiger partial charge in [-0.2, -0.15) is 0 Å². The Kier molecular flexibility index (Phi) is 3.95. The highest BCUT2D eigenvalue weighted by Gasteiger charge is 2.31. The standard InChI is InChI=1S/C14H19NO4/c1-3-6-14(2,13(16)17)15-8-10-4-5-11-12(7-10)19-9-18-11/h4-5,7,15H,3,6,8-9H2,1-2H3,(H,16,17). The van der Waals surface area contributed by atoms with Crippen LogP contribution < -0.4 is 14.8 Å². The summed E-state index contributed by atoms with van der Waals surface area (Å²) in [6.07, 6.45) is 1.41. The van der Waals surface area contributed by atoms with Crippen LogP contribution >= 0.6 is 0 Å². The normalized spacial score (nSPS) is 16.1. The second-order valence-electron chi connectivity index (χ2n) is 4.93. The fourth-order valence-corrected chi connectivity index (χ4v) is 2.12. The molecule has 1 atom stereocenters. The SMILES string of the molecule is CCCC(C)(NCc1ccc2c(c1)OCO2)C(=O)O. The molecule has 1 aromatic carbocycles. The molecular weight excluding hydrogens is 246 g/mol. The number of carboxylic acid groups (broad SMARTS) is 1. The van der Waals surface area contributed by atoms with Crippen molar-refractivity contribution in [3.63, 3.8) is 0 Å². The van der Waals surface area contributed by atoms with Crippen LogP contribution in [-0.2, 0) is 11.3 Å². The van der Waals surface area contributed by atoms with E-state index < -0.39 is 11.5 Å². The first-order valence-corrected chi connectivity index (χ1v) is 6.42. The number of nitrogens with one attached hydrogen (secondary N) is 1. The van der Waals surface area contributed by atoms with Crippen LogP contribution in [-0.4, -0.2) is 23.4 Å². The van der Waals surface area contributed by atoms with Crippen molar-refractivity contribution in [3.8, 4) is 11.5 Å². The molecule has 0 aliphatic carbocycles. The van der Waals surface area contributed by atoms with Gasteiger partial charge in [-0.1, -0.05) is 19.4 Å². The molecule has 1 aliphatic heterocycles. The summed E-state index contributed by atoms with van der Waals surface area (Å²) in [5.41, 5.74) is 0.0818. The zero-order valence-electron chi connectivity index (χ0n) is 11.2. The van der Waals surface area contributed by atoms with Crippen molar-refractivity contribution in [1.82, 2.24) is 5.32 Å². The second-order valence-corrected chi connectivity index (χ2v) is 4.93. The lowest BCUT2D eigenvalue weighted by Gasteiger charge is -2.26. The number of aliphatic carboxylic acids is 1. The molecule has 1 heterocycles. The minimum atomic E-state index is -0.898. The largest absolute Gasteiger partial charge is 0.480 e.